The standard InChI is InChI=1S/C16H19Cl2NO5/c1-3-23-15(21)14(16(22)24-4-2)19-13(20)8-6-10-5-7-11(17)12(18)9-10/h5,7,9,14H,3-4,6,8H2,1-2H3,(H,19,20). The quantitative estimate of drug-likeness (QED) is 0.557. The number of hydrogen-bond donors (Lipinski definition) is 1. The first-order chi connectivity index (χ1) is 11.4. The molecule has 0 spiro atoms. The van der Waals surface area contributed by atoms with Crippen LogP contribution in [-0.2, 0) is 30.3 Å². The van der Waals surface area contributed by atoms with Crippen LogP contribution in [0.2, 0.25) is 10.0 Å². The second-order valence-corrected chi connectivity index (χ2v) is 5.57. The first kappa shape index (κ1) is 20.3. The van der Waals surface area contributed by atoms with Crippen molar-refractivity contribution in [2.75, 3.05) is 13.2 Å². The Hall–Kier alpha value is -1.79. The van der Waals surface area contributed by atoms with Gasteiger partial charge in [0.2, 0.25) is 11.9 Å². The summed E-state index contributed by atoms with van der Waals surface area (Å²) in [6, 6.07) is 3.57. The molecular formula is C16H19Cl2NO5. The van der Waals surface area contributed by atoms with E-state index in [0.29, 0.717) is 16.5 Å². The van der Waals surface area contributed by atoms with E-state index in [1.54, 1.807) is 32.0 Å². The summed E-state index contributed by atoms with van der Waals surface area (Å²) in [5.74, 6) is -2.18. The van der Waals surface area contributed by atoms with Crippen molar-refractivity contribution in [3.05, 3.63) is 33.8 Å². The van der Waals surface area contributed by atoms with Gasteiger partial charge in [-0.05, 0) is 38.0 Å². The molecule has 1 rings (SSSR count). The highest BCUT2D eigenvalue weighted by Crippen LogP contribution is 2.23. The van der Waals surface area contributed by atoms with Gasteiger partial charge in [0.1, 0.15) is 0 Å². The molecule has 24 heavy (non-hydrogen) atoms. The Morgan fingerprint density at radius 1 is 1.04 bits per heavy atom. The van der Waals surface area contributed by atoms with Gasteiger partial charge >= 0.3 is 11.9 Å². The molecule has 1 aromatic carbocycles. The lowest BCUT2D eigenvalue weighted by molar-refractivity contribution is -0.159. The average molecular weight is 376 g/mol. The highest BCUT2D eigenvalue weighted by molar-refractivity contribution is 6.42. The van der Waals surface area contributed by atoms with Crippen molar-refractivity contribution < 1.29 is 23.9 Å². The fraction of sp³-hybridized carbons (Fsp3) is 0.438. The number of carbonyl (C=O) groups is 3. The van der Waals surface area contributed by atoms with Crippen molar-refractivity contribution in [2.24, 2.45) is 0 Å². The number of amides is 1. The fourth-order valence-electron chi connectivity index (χ4n) is 1.85. The smallest absolute Gasteiger partial charge is 0.340 e. The summed E-state index contributed by atoms with van der Waals surface area (Å²) in [4.78, 5) is 35.6. The van der Waals surface area contributed by atoms with Gasteiger partial charge in [0.05, 0.1) is 23.3 Å². The molecule has 0 aliphatic heterocycles. The lowest BCUT2D eigenvalue weighted by Crippen LogP contribution is -2.48. The molecule has 1 amide bonds. The zero-order valence-electron chi connectivity index (χ0n) is 13.4. The molecule has 0 aliphatic carbocycles. The lowest BCUT2D eigenvalue weighted by atomic mass is 10.1. The Bertz CT molecular complexity index is 588. The van der Waals surface area contributed by atoms with Crippen molar-refractivity contribution in [3.8, 4) is 0 Å². The van der Waals surface area contributed by atoms with Gasteiger partial charge in [-0.25, -0.2) is 9.59 Å². The Kier molecular flexibility index (Phi) is 8.57. The van der Waals surface area contributed by atoms with E-state index < -0.39 is 23.9 Å². The largest absolute Gasteiger partial charge is 0.464 e. The van der Waals surface area contributed by atoms with Gasteiger partial charge < -0.3 is 14.8 Å². The molecule has 0 saturated carbocycles. The zero-order valence-corrected chi connectivity index (χ0v) is 14.9. The Morgan fingerprint density at radius 2 is 1.62 bits per heavy atom. The van der Waals surface area contributed by atoms with Gasteiger partial charge in [-0.2, -0.15) is 0 Å². The van der Waals surface area contributed by atoms with Crippen LogP contribution in [-0.4, -0.2) is 37.1 Å². The van der Waals surface area contributed by atoms with Crippen molar-refractivity contribution in [2.45, 2.75) is 32.7 Å². The third-order valence-corrected chi connectivity index (χ3v) is 3.71. The lowest BCUT2D eigenvalue weighted by Gasteiger charge is -2.15. The van der Waals surface area contributed by atoms with Crippen LogP contribution in [0.25, 0.3) is 0 Å². The number of esters is 2. The predicted molar refractivity (Wildman–Crippen MR) is 90.0 cm³/mol. The van der Waals surface area contributed by atoms with Crippen molar-refractivity contribution in [1.82, 2.24) is 5.32 Å². The molecule has 0 heterocycles. The van der Waals surface area contributed by atoms with Crippen molar-refractivity contribution >= 4 is 41.0 Å². The van der Waals surface area contributed by atoms with E-state index in [4.69, 9.17) is 32.7 Å². The maximum Gasteiger partial charge on any atom is 0.340 e. The van der Waals surface area contributed by atoms with Crippen LogP contribution in [0.3, 0.4) is 0 Å². The Morgan fingerprint density at radius 3 is 2.12 bits per heavy atom. The maximum atomic E-state index is 12.0. The number of hydrogen-bond acceptors (Lipinski definition) is 5. The minimum Gasteiger partial charge on any atom is -0.464 e. The van der Waals surface area contributed by atoms with Crippen LogP contribution >= 0.6 is 23.2 Å². The molecule has 132 valence electrons. The molecule has 0 atom stereocenters. The van der Waals surface area contributed by atoms with Gasteiger partial charge in [0.25, 0.3) is 0 Å². The van der Waals surface area contributed by atoms with Crippen LogP contribution in [0, 0.1) is 0 Å². The van der Waals surface area contributed by atoms with E-state index in [9.17, 15) is 14.4 Å². The molecule has 8 heteroatoms. The fourth-order valence-corrected chi connectivity index (χ4v) is 2.17. The molecule has 6 nitrogen and oxygen atoms in total. The van der Waals surface area contributed by atoms with E-state index in [0.717, 1.165) is 5.56 Å². The van der Waals surface area contributed by atoms with Crippen molar-refractivity contribution in [1.29, 1.82) is 0 Å². The first-order valence-corrected chi connectivity index (χ1v) is 8.21. The van der Waals surface area contributed by atoms with Gasteiger partial charge in [-0.1, -0.05) is 29.3 Å². The topological polar surface area (TPSA) is 81.7 Å². The normalized spacial score (nSPS) is 10.4. The molecule has 0 aromatic heterocycles. The molecule has 0 fully saturated rings. The van der Waals surface area contributed by atoms with Crippen LogP contribution in [0.1, 0.15) is 25.8 Å². The van der Waals surface area contributed by atoms with Gasteiger partial charge in [-0.15, -0.1) is 0 Å². The number of halogens is 2. The van der Waals surface area contributed by atoms with Crippen LogP contribution in [0.4, 0.5) is 0 Å². The summed E-state index contributed by atoms with van der Waals surface area (Å²) in [6.45, 7) is 3.39. The highest BCUT2D eigenvalue weighted by atomic mass is 35.5. The number of carbonyl (C=O) groups excluding carboxylic acids is 3. The molecule has 0 saturated heterocycles. The average Bonchev–Trinajstić information content (AvgIpc) is 2.54. The van der Waals surface area contributed by atoms with Crippen LogP contribution in [0.15, 0.2) is 18.2 Å². The van der Waals surface area contributed by atoms with E-state index in [1.165, 1.54) is 0 Å². The third-order valence-electron chi connectivity index (χ3n) is 2.97. The number of benzene rings is 1. The molecule has 0 unspecified atom stereocenters. The maximum absolute atomic E-state index is 12.0. The van der Waals surface area contributed by atoms with E-state index in [2.05, 4.69) is 5.32 Å². The molecule has 0 bridgehead atoms. The third kappa shape index (κ3) is 6.37. The Balaban J connectivity index is 2.65. The summed E-state index contributed by atoms with van der Waals surface area (Å²) in [6.07, 6.45) is 0.439. The molecule has 1 N–H and O–H groups in total. The van der Waals surface area contributed by atoms with E-state index in [1.807, 2.05) is 0 Å². The SMILES string of the molecule is CCOC(=O)C(NC(=O)CCc1ccc(Cl)c(Cl)c1)C(=O)OCC. The second-order valence-electron chi connectivity index (χ2n) is 4.75. The molecular weight excluding hydrogens is 357 g/mol. The summed E-state index contributed by atoms with van der Waals surface area (Å²) in [5, 5.41) is 3.15. The number of aryl methyl sites for hydroxylation is 1. The molecule has 1 aromatic rings. The second kappa shape index (κ2) is 10.2. The summed E-state index contributed by atoms with van der Waals surface area (Å²) in [5.41, 5.74) is 0.809. The van der Waals surface area contributed by atoms with Gasteiger partial charge in [-0.3, -0.25) is 4.79 Å². The van der Waals surface area contributed by atoms with Gasteiger partial charge in [0.15, 0.2) is 0 Å². The zero-order chi connectivity index (χ0) is 18.1. The minimum absolute atomic E-state index is 0.0628. The Labute approximate surface area is 150 Å². The monoisotopic (exact) mass is 375 g/mol. The summed E-state index contributed by atoms with van der Waals surface area (Å²) >= 11 is 11.7. The summed E-state index contributed by atoms with van der Waals surface area (Å²) in [7, 11) is 0. The predicted octanol–water partition coefficient (Wildman–Crippen LogP) is 2.54. The van der Waals surface area contributed by atoms with E-state index >= 15 is 0 Å². The van der Waals surface area contributed by atoms with Crippen LogP contribution < -0.4 is 5.32 Å². The number of rotatable bonds is 8. The molecule has 0 radical (unpaired) electrons. The van der Waals surface area contributed by atoms with Gasteiger partial charge in [0, 0.05) is 6.42 Å². The first-order valence-electron chi connectivity index (χ1n) is 7.45. The minimum atomic E-state index is -1.47. The summed E-state index contributed by atoms with van der Waals surface area (Å²) < 4.78 is 9.55. The highest BCUT2D eigenvalue weighted by Gasteiger charge is 2.31. The van der Waals surface area contributed by atoms with Crippen molar-refractivity contribution in [3.63, 3.8) is 0 Å². The molecule has 0 aliphatic rings. The number of nitrogens with one attached hydrogen (secondary N) is 1. The van der Waals surface area contributed by atoms with E-state index in [-0.39, 0.29) is 19.6 Å². The van der Waals surface area contributed by atoms with Crippen LogP contribution in [0.5, 0.6) is 0 Å². The number of ether oxygens (including phenoxy) is 2.